The first-order chi connectivity index (χ1) is 9.54. The first-order valence-corrected chi connectivity index (χ1v) is 6.30. The molecular formula is C17H14FNO. The Balaban J connectivity index is 2.48. The number of carbonyl (C=O) groups is 1. The molecule has 0 saturated heterocycles. The largest absolute Gasteiger partial charge is 0.292 e. The van der Waals surface area contributed by atoms with Crippen molar-refractivity contribution in [2.45, 2.75) is 19.8 Å². The van der Waals surface area contributed by atoms with E-state index in [1.54, 1.807) is 12.1 Å². The number of nitrogens with zero attached hydrogens (tertiary/aromatic N) is 1. The maximum Gasteiger partial charge on any atom is 0.184 e. The van der Waals surface area contributed by atoms with Gasteiger partial charge in [-0.3, -0.25) is 4.79 Å². The molecule has 1 atom stereocenters. The zero-order valence-corrected chi connectivity index (χ0v) is 11.4. The number of hydrogen-bond donors (Lipinski definition) is 0. The molecule has 2 aromatic rings. The van der Waals surface area contributed by atoms with Crippen molar-refractivity contribution in [2.75, 3.05) is 0 Å². The van der Waals surface area contributed by atoms with Crippen LogP contribution in [0.15, 0.2) is 42.5 Å². The Bertz CT molecular complexity index is 700. The molecule has 0 aliphatic carbocycles. The van der Waals surface area contributed by atoms with Crippen LogP contribution in [-0.2, 0) is 0 Å². The molecule has 0 aliphatic rings. The summed E-state index contributed by atoms with van der Waals surface area (Å²) in [5.41, 5.74) is 2.32. The minimum absolute atomic E-state index is 0.126. The fourth-order valence-electron chi connectivity index (χ4n) is 2.14. The van der Waals surface area contributed by atoms with Crippen molar-refractivity contribution in [2.24, 2.45) is 0 Å². The monoisotopic (exact) mass is 267 g/mol. The van der Waals surface area contributed by atoms with Gasteiger partial charge in [0.1, 0.15) is 11.7 Å². The molecule has 0 bridgehead atoms. The zero-order valence-electron chi connectivity index (χ0n) is 11.4. The molecule has 1 unspecified atom stereocenters. The molecular weight excluding hydrogens is 253 g/mol. The molecule has 0 heterocycles. The van der Waals surface area contributed by atoms with Crippen molar-refractivity contribution in [3.63, 3.8) is 0 Å². The van der Waals surface area contributed by atoms with Crippen molar-refractivity contribution in [3.05, 3.63) is 70.5 Å². The predicted octanol–water partition coefficient (Wildman–Crippen LogP) is 3.93. The second-order valence-corrected chi connectivity index (χ2v) is 4.77. The van der Waals surface area contributed by atoms with E-state index in [1.807, 2.05) is 32.0 Å². The van der Waals surface area contributed by atoms with E-state index >= 15 is 0 Å². The van der Waals surface area contributed by atoms with Crippen LogP contribution in [0.2, 0.25) is 0 Å². The molecule has 2 aromatic carbocycles. The van der Waals surface area contributed by atoms with Crippen LogP contribution >= 0.6 is 0 Å². The van der Waals surface area contributed by atoms with Gasteiger partial charge < -0.3 is 0 Å². The number of ketones is 1. The van der Waals surface area contributed by atoms with E-state index in [0.717, 1.165) is 11.1 Å². The summed E-state index contributed by atoms with van der Waals surface area (Å²) in [6, 6.07) is 13.3. The Morgan fingerprint density at radius 2 is 1.90 bits per heavy atom. The molecule has 0 amide bonds. The van der Waals surface area contributed by atoms with E-state index in [1.165, 1.54) is 18.2 Å². The number of benzene rings is 2. The molecule has 2 nitrogen and oxygen atoms in total. The van der Waals surface area contributed by atoms with Gasteiger partial charge in [0.15, 0.2) is 5.78 Å². The fourth-order valence-corrected chi connectivity index (χ4v) is 2.14. The molecule has 2 rings (SSSR count). The van der Waals surface area contributed by atoms with Gasteiger partial charge in [0, 0.05) is 11.1 Å². The SMILES string of the molecule is Cc1ccc(C)c(C(=O)C(C#N)c2ccccc2F)c1. The van der Waals surface area contributed by atoms with Crippen LogP contribution in [0.3, 0.4) is 0 Å². The van der Waals surface area contributed by atoms with Gasteiger partial charge in [-0.2, -0.15) is 5.26 Å². The third-order valence-corrected chi connectivity index (χ3v) is 3.27. The summed E-state index contributed by atoms with van der Waals surface area (Å²) < 4.78 is 13.8. The van der Waals surface area contributed by atoms with Crippen LogP contribution in [0, 0.1) is 31.0 Å². The highest BCUT2D eigenvalue weighted by atomic mass is 19.1. The highest BCUT2D eigenvalue weighted by Gasteiger charge is 2.25. The number of halogens is 1. The van der Waals surface area contributed by atoms with Crippen LogP contribution in [0.5, 0.6) is 0 Å². The van der Waals surface area contributed by atoms with E-state index < -0.39 is 11.7 Å². The minimum atomic E-state index is -1.11. The van der Waals surface area contributed by atoms with Crippen molar-refractivity contribution < 1.29 is 9.18 Å². The van der Waals surface area contributed by atoms with Gasteiger partial charge >= 0.3 is 0 Å². The lowest BCUT2D eigenvalue weighted by molar-refractivity contribution is 0.0977. The molecule has 0 aliphatic heterocycles. The maximum absolute atomic E-state index is 13.8. The van der Waals surface area contributed by atoms with Gasteiger partial charge in [0.05, 0.1) is 6.07 Å². The Hall–Kier alpha value is -2.47. The van der Waals surface area contributed by atoms with Crippen LogP contribution < -0.4 is 0 Å². The van der Waals surface area contributed by atoms with Gasteiger partial charge in [-0.25, -0.2) is 4.39 Å². The number of nitriles is 1. The van der Waals surface area contributed by atoms with Gasteiger partial charge in [-0.1, -0.05) is 35.9 Å². The summed E-state index contributed by atoms with van der Waals surface area (Å²) in [4.78, 5) is 12.5. The second kappa shape index (κ2) is 5.66. The first kappa shape index (κ1) is 14.0. The Kier molecular flexibility index (Phi) is 3.95. The average Bonchev–Trinajstić information content (AvgIpc) is 2.44. The van der Waals surface area contributed by atoms with Crippen molar-refractivity contribution in [1.29, 1.82) is 5.26 Å². The van der Waals surface area contributed by atoms with E-state index in [0.29, 0.717) is 5.56 Å². The van der Waals surface area contributed by atoms with Crippen molar-refractivity contribution >= 4 is 5.78 Å². The smallest absolute Gasteiger partial charge is 0.184 e. The lowest BCUT2D eigenvalue weighted by atomic mass is 9.89. The third-order valence-electron chi connectivity index (χ3n) is 3.27. The highest BCUT2D eigenvalue weighted by Crippen LogP contribution is 2.25. The quantitative estimate of drug-likeness (QED) is 0.790. The van der Waals surface area contributed by atoms with E-state index in [4.69, 9.17) is 0 Å². The standard InChI is InChI=1S/C17H14FNO/c1-11-7-8-12(2)14(9-11)17(20)15(10-19)13-5-3-4-6-16(13)18/h3-9,15H,1-2H3. The summed E-state index contributed by atoms with van der Waals surface area (Å²) in [6.45, 7) is 3.68. The van der Waals surface area contributed by atoms with E-state index in [9.17, 15) is 14.4 Å². The number of aryl methyl sites for hydroxylation is 2. The fraction of sp³-hybridized carbons (Fsp3) is 0.176. The summed E-state index contributed by atoms with van der Waals surface area (Å²) >= 11 is 0. The molecule has 0 N–H and O–H groups in total. The van der Waals surface area contributed by atoms with Crippen LogP contribution in [-0.4, -0.2) is 5.78 Å². The van der Waals surface area contributed by atoms with Crippen LogP contribution in [0.4, 0.5) is 4.39 Å². The minimum Gasteiger partial charge on any atom is -0.292 e. The third kappa shape index (κ3) is 2.60. The molecule has 100 valence electrons. The number of rotatable bonds is 3. The number of carbonyl (C=O) groups excluding carboxylic acids is 1. The molecule has 0 radical (unpaired) electrons. The lowest BCUT2D eigenvalue weighted by Gasteiger charge is -2.12. The molecule has 20 heavy (non-hydrogen) atoms. The summed E-state index contributed by atoms with van der Waals surface area (Å²) in [5, 5.41) is 9.26. The zero-order chi connectivity index (χ0) is 14.7. The molecule has 3 heteroatoms. The first-order valence-electron chi connectivity index (χ1n) is 6.30. The average molecular weight is 267 g/mol. The van der Waals surface area contributed by atoms with Crippen LogP contribution in [0.25, 0.3) is 0 Å². The second-order valence-electron chi connectivity index (χ2n) is 4.77. The summed E-state index contributed by atoms with van der Waals surface area (Å²) in [6.07, 6.45) is 0. The van der Waals surface area contributed by atoms with E-state index in [-0.39, 0.29) is 11.3 Å². The number of Topliss-reactive ketones (excluding diaryl/α,β-unsaturated/α-hetero) is 1. The lowest BCUT2D eigenvalue weighted by Crippen LogP contribution is -2.14. The maximum atomic E-state index is 13.8. The Morgan fingerprint density at radius 1 is 1.20 bits per heavy atom. The molecule has 0 saturated carbocycles. The van der Waals surface area contributed by atoms with Crippen molar-refractivity contribution in [3.8, 4) is 6.07 Å². The molecule has 0 aromatic heterocycles. The van der Waals surface area contributed by atoms with Gasteiger partial charge in [-0.05, 0) is 31.5 Å². The van der Waals surface area contributed by atoms with Gasteiger partial charge in [-0.15, -0.1) is 0 Å². The van der Waals surface area contributed by atoms with E-state index in [2.05, 4.69) is 0 Å². The summed E-state index contributed by atoms with van der Waals surface area (Å²) in [7, 11) is 0. The van der Waals surface area contributed by atoms with Gasteiger partial charge in [0.25, 0.3) is 0 Å². The topological polar surface area (TPSA) is 40.9 Å². The normalized spacial score (nSPS) is 11.7. The highest BCUT2D eigenvalue weighted by molar-refractivity contribution is 6.04. The predicted molar refractivity (Wildman–Crippen MR) is 75.0 cm³/mol. The Labute approximate surface area is 117 Å². The Morgan fingerprint density at radius 3 is 2.55 bits per heavy atom. The van der Waals surface area contributed by atoms with Crippen molar-refractivity contribution in [1.82, 2.24) is 0 Å². The molecule has 0 fully saturated rings. The summed E-state index contributed by atoms with van der Waals surface area (Å²) in [5.74, 6) is -2.01. The molecule has 0 spiro atoms. The number of hydrogen-bond acceptors (Lipinski definition) is 2. The van der Waals surface area contributed by atoms with Gasteiger partial charge in [0.2, 0.25) is 0 Å². The van der Waals surface area contributed by atoms with Crippen LogP contribution in [0.1, 0.15) is 33.0 Å².